The molecular formula is C43H57F2N7O8S. The molecule has 2 bridgehead atoms. The Morgan fingerprint density at radius 1 is 1.03 bits per heavy atom. The number of carbonyl (C=O) groups excluding carboxylic acids is 4. The molecule has 3 saturated carbocycles. The number of carbonyl (C=O) groups is 4. The van der Waals surface area contributed by atoms with Gasteiger partial charge in [-0.15, -0.1) is 0 Å². The average molecular weight is 870 g/mol. The Bertz CT molecular complexity index is 2240. The molecule has 7 rings (SSSR count). The number of rotatable bonds is 6. The summed E-state index contributed by atoms with van der Waals surface area (Å²) in [6.07, 6.45) is -0.728. The number of nitrogens with one attached hydrogen (secondary N) is 3. The first kappa shape index (κ1) is 44.4. The molecule has 3 heterocycles. The number of benzene rings is 1. The number of ether oxygens (including phenoxy) is 2. The van der Waals surface area contributed by atoms with E-state index in [1.807, 2.05) is 4.72 Å². The van der Waals surface area contributed by atoms with Gasteiger partial charge in [0.2, 0.25) is 34.1 Å². The number of sulfonamides is 1. The minimum absolute atomic E-state index is 0.0940. The third-order valence-electron chi connectivity index (χ3n) is 14.1. The van der Waals surface area contributed by atoms with E-state index in [9.17, 15) is 41.6 Å². The van der Waals surface area contributed by atoms with Gasteiger partial charge in [0.05, 0.1) is 39.9 Å². The van der Waals surface area contributed by atoms with Crippen molar-refractivity contribution in [3.05, 3.63) is 29.5 Å². The SMILES string of the molecule is C[C@@H]1[C@@H]2CN(C(=O)[C@H](C(C)(C)C)NC(=O)O[C@@H]3C[C@H](C)[C@H](C)[C@H]3CCCCCc3nc4ccc(C#N)cc4nc3O2)[C@@H]1C(=O)N[C@]1(C(=O)NS(=O)(=O)C2(C)CC2)C[C@H]1C(F)F. The van der Waals surface area contributed by atoms with Gasteiger partial charge in [-0.05, 0) is 93.2 Å². The number of amides is 4. The first-order chi connectivity index (χ1) is 28.6. The largest absolute Gasteiger partial charge is 0.471 e. The molecule has 1 aromatic carbocycles. The van der Waals surface area contributed by atoms with Gasteiger partial charge in [0.25, 0.3) is 5.91 Å². The molecule has 10 atom stereocenters. The fourth-order valence-electron chi connectivity index (χ4n) is 9.44. The summed E-state index contributed by atoms with van der Waals surface area (Å²) in [5.74, 6) is -4.65. The summed E-state index contributed by atoms with van der Waals surface area (Å²) in [6, 6.07) is 4.37. The number of halogens is 2. The maximum atomic E-state index is 14.9. The molecule has 0 spiro atoms. The predicted molar refractivity (Wildman–Crippen MR) is 218 cm³/mol. The van der Waals surface area contributed by atoms with Crippen molar-refractivity contribution in [3.63, 3.8) is 0 Å². The Morgan fingerprint density at radius 3 is 2.39 bits per heavy atom. The topological polar surface area (TPSA) is 210 Å². The van der Waals surface area contributed by atoms with Gasteiger partial charge >= 0.3 is 6.09 Å². The molecule has 61 heavy (non-hydrogen) atoms. The Labute approximate surface area is 355 Å². The van der Waals surface area contributed by atoms with E-state index >= 15 is 0 Å². The summed E-state index contributed by atoms with van der Waals surface area (Å²) in [4.78, 5) is 68.0. The summed E-state index contributed by atoms with van der Waals surface area (Å²) < 4.78 is 68.4. The average Bonchev–Trinajstić information content (AvgIpc) is 4.07. The third kappa shape index (κ3) is 8.60. The lowest BCUT2D eigenvalue weighted by atomic mass is 9.85. The fraction of sp³-hybridized carbons (Fsp3) is 0.698. The summed E-state index contributed by atoms with van der Waals surface area (Å²) in [6.45, 7) is 12.4. The van der Waals surface area contributed by atoms with E-state index in [1.165, 1.54) is 11.8 Å². The molecule has 4 amide bonds. The Hall–Kier alpha value is -4.66. The molecule has 0 radical (unpaired) electrons. The highest BCUT2D eigenvalue weighted by Gasteiger charge is 2.67. The number of fused-ring (bicyclic) bond motifs is 5. The van der Waals surface area contributed by atoms with Gasteiger partial charge in [0, 0.05) is 5.92 Å². The van der Waals surface area contributed by atoms with Crippen LogP contribution < -0.4 is 20.1 Å². The molecule has 2 aromatic rings. The molecule has 15 nitrogen and oxygen atoms in total. The van der Waals surface area contributed by atoms with E-state index in [4.69, 9.17) is 19.4 Å². The van der Waals surface area contributed by atoms with Crippen LogP contribution in [0.4, 0.5) is 13.6 Å². The van der Waals surface area contributed by atoms with Gasteiger partial charge in [-0.3, -0.25) is 19.1 Å². The Balaban J connectivity index is 1.27. The van der Waals surface area contributed by atoms with Crippen LogP contribution in [-0.2, 0) is 35.6 Å². The number of nitrogens with zero attached hydrogens (tertiary/aromatic N) is 4. The zero-order valence-corrected chi connectivity index (χ0v) is 36.6. The highest BCUT2D eigenvalue weighted by Crippen LogP contribution is 2.50. The summed E-state index contributed by atoms with van der Waals surface area (Å²) in [7, 11) is -4.26. The number of aromatic nitrogens is 2. The van der Waals surface area contributed by atoms with E-state index in [0.717, 1.165) is 25.7 Å². The molecular weight excluding hydrogens is 813 g/mol. The maximum absolute atomic E-state index is 14.9. The molecule has 5 aliphatic rings. The van der Waals surface area contributed by atoms with E-state index in [-0.39, 0.29) is 43.2 Å². The predicted octanol–water partition coefficient (Wildman–Crippen LogP) is 5.15. The van der Waals surface area contributed by atoms with Crippen LogP contribution in [0.1, 0.15) is 111 Å². The molecule has 332 valence electrons. The molecule has 18 heteroatoms. The zero-order valence-electron chi connectivity index (χ0n) is 35.8. The monoisotopic (exact) mass is 869 g/mol. The van der Waals surface area contributed by atoms with Crippen LogP contribution in [0.3, 0.4) is 0 Å². The minimum atomic E-state index is -4.26. The van der Waals surface area contributed by atoms with Crippen molar-refractivity contribution in [2.24, 2.45) is 35.0 Å². The number of alkyl halides is 2. The van der Waals surface area contributed by atoms with Crippen LogP contribution in [0.2, 0.25) is 0 Å². The van der Waals surface area contributed by atoms with E-state index < -0.39 is 92.4 Å². The van der Waals surface area contributed by atoms with Gasteiger partial charge in [-0.1, -0.05) is 54.4 Å². The molecule has 1 aromatic heterocycles. The van der Waals surface area contributed by atoms with Crippen molar-refractivity contribution >= 4 is 44.9 Å². The normalized spacial score (nSPS) is 32.9. The highest BCUT2D eigenvalue weighted by atomic mass is 32.2. The smallest absolute Gasteiger partial charge is 0.408 e. The Kier molecular flexibility index (Phi) is 11.8. The quantitative estimate of drug-likeness (QED) is 0.346. The van der Waals surface area contributed by atoms with Gasteiger partial charge < -0.3 is 25.0 Å². The van der Waals surface area contributed by atoms with Gasteiger partial charge in [0.1, 0.15) is 35.5 Å². The molecule has 3 aliphatic carbocycles. The molecule has 0 unspecified atom stereocenters. The second kappa shape index (κ2) is 16.2. The van der Waals surface area contributed by atoms with Gasteiger partial charge in [0.15, 0.2) is 0 Å². The number of hydrogen-bond acceptors (Lipinski definition) is 11. The van der Waals surface area contributed by atoms with E-state index in [2.05, 4.69) is 30.6 Å². The Morgan fingerprint density at radius 2 is 1.75 bits per heavy atom. The molecule has 4 fully saturated rings. The minimum Gasteiger partial charge on any atom is -0.471 e. The number of aryl methyl sites for hydroxylation is 1. The number of hydrogen-bond donors (Lipinski definition) is 3. The van der Waals surface area contributed by atoms with Crippen molar-refractivity contribution in [1.29, 1.82) is 5.26 Å². The lowest BCUT2D eigenvalue weighted by Gasteiger charge is -2.36. The van der Waals surface area contributed by atoms with Crippen molar-refractivity contribution in [3.8, 4) is 11.9 Å². The third-order valence-corrected chi connectivity index (χ3v) is 16.2. The van der Waals surface area contributed by atoms with Crippen LogP contribution in [0.25, 0.3) is 11.0 Å². The van der Waals surface area contributed by atoms with Crippen LogP contribution in [0.15, 0.2) is 18.2 Å². The van der Waals surface area contributed by atoms with Crippen molar-refractivity contribution in [1.82, 2.24) is 30.2 Å². The van der Waals surface area contributed by atoms with Crippen LogP contribution in [0.5, 0.6) is 5.88 Å². The summed E-state index contributed by atoms with van der Waals surface area (Å²) >= 11 is 0. The summed E-state index contributed by atoms with van der Waals surface area (Å²) in [5.41, 5.74) is -1.36. The second-order valence-corrected chi connectivity index (χ2v) is 21.7. The lowest BCUT2D eigenvalue weighted by Crippen LogP contribution is -2.61. The standard InChI is InChI=1S/C43H57F2N7O8S/c1-22-17-31-26(23(22)2)11-9-8-10-12-29-37(48-30-18-25(20-46)13-14-28(30)47-29)59-32-21-52(38(54)34(41(4,5)6)49-40(56)60-31)33(24(32)3)36(53)50-43(19-27(43)35(44)45)39(55)51-61(57,58)42(7)15-16-42/h13-14,18,22-24,26-27,31-35H,8-12,15-17,19,21H2,1-7H3,(H,49,56)(H,50,53)(H,51,55)/t22-,23-,24+,26+,27-,31+,32-,33-,34+,43+/m0/s1. The van der Waals surface area contributed by atoms with Gasteiger partial charge in [-0.25, -0.2) is 32.0 Å². The van der Waals surface area contributed by atoms with Crippen LogP contribution >= 0.6 is 0 Å². The zero-order chi connectivity index (χ0) is 44.4. The maximum Gasteiger partial charge on any atom is 0.408 e. The van der Waals surface area contributed by atoms with Crippen molar-refractivity contribution < 1.29 is 45.9 Å². The number of nitriles is 1. The lowest BCUT2D eigenvalue weighted by molar-refractivity contribution is -0.143. The molecule has 2 aliphatic heterocycles. The van der Waals surface area contributed by atoms with Crippen LogP contribution in [0, 0.1) is 46.3 Å². The summed E-state index contributed by atoms with van der Waals surface area (Å²) in [5, 5.41) is 14.9. The second-order valence-electron chi connectivity index (χ2n) is 19.5. The van der Waals surface area contributed by atoms with E-state index in [0.29, 0.717) is 41.1 Å². The van der Waals surface area contributed by atoms with Gasteiger partial charge in [-0.2, -0.15) is 5.26 Å². The number of alkyl carbamates (subject to hydrolysis) is 1. The van der Waals surface area contributed by atoms with Crippen molar-refractivity contribution in [2.45, 2.75) is 147 Å². The fourth-order valence-corrected chi connectivity index (χ4v) is 10.8. The molecule has 3 N–H and O–H groups in total. The molecule has 1 saturated heterocycles. The first-order valence-electron chi connectivity index (χ1n) is 21.4. The van der Waals surface area contributed by atoms with Crippen LogP contribution in [-0.4, -0.2) is 94.6 Å². The van der Waals surface area contributed by atoms with Crippen molar-refractivity contribution in [2.75, 3.05) is 6.54 Å². The van der Waals surface area contributed by atoms with E-state index in [1.54, 1.807) is 45.9 Å². The highest BCUT2D eigenvalue weighted by molar-refractivity contribution is 7.91. The first-order valence-corrected chi connectivity index (χ1v) is 22.9.